The summed E-state index contributed by atoms with van der Waals surface area (Å²) in [4.78, 5) is 0. The lowest BCUT2D eigenvalue weighted by molar-refractivity contribution is 0.0299. The molecular weight excluding hydrogens is 144 g/mol. The van der Waals surface area contributed by atoms with Crippen molar-refractivity contribution in [3.63, 3.8) is 0 Å². The number of rotatable bonds is 1. The van der Waals surface area contributed by atoms with Gasteiger partial charge in [-0.05, 0) is 41.9 Å². The van der Waals surface area contributed by atoms with Crippen molar-refractivity contribution in [3.8, 4) is 0 Å². The minimum Gasteiger partial charge on any atom is -0.0651 e. The van der Waals surface area contributed by atoms with E-state index in [0.717, 1.165) is 23.7 Å². The van der Waals surface area contributed by atoms with E-state index in [1.165, 1.54) is 19.3 Å². The molecule has 4 unspecified atom stereocenters. The molecule has 0 aromatic carbocycles. The molecule has 0 nitrogen and oxygen atoms in total. The lowest BCUT2D eigenvalue weighted by atomic mass is 9.59. The number of hydrogen-bond acceptors (Lipinski definition) is 0. The quantitative estimate of drug-likeness (QED) is 0.557. The molecule has 0 N–H and O–H groups in total. The zero-order valence-corrected chi connectivity index (χ0v) is 8.93. The highest BCUT2D eigenvalue weighted by molar-refractivity contribution is 5.04. The Bertz CT molecular complexity index is 180. The maximum absolute atomic E-state index is 2.48. The van der Waals surface area contributed by atoms with Crippen molar-refractivity contribution in [3.05, 3.63) is 0 Å². The second-order valence-electron chi connectivity index (χ2n) is 5.63. The van der Waals surface area contributed by atoms with E-state index in [2.05, 4.69) is 27.7 Å². The summed E-state index contributed by atoms with van der Waals surface area (Å²) in [5.74, 6) is 4.21. The number of hydrogen-bond donors (Lipinski definition) is 0. The first-order valence-electron chi connectivity index (χ1n) is 5.57. The van der Waals surface area contributed by atoms with Crippen LogP contribution in [-0.2, 0) is 0 Å². The Morgan fingerprint density at radius 2 is 1.92 bits per heavy atom. The van der Waals surface area contributed by atoms with E-state index < -0.39 is 0 Å². The summed E-state index contributed by atoms with van der Waals surface area (Å²) >= 11 is 0. The van der Waals surface area contributed by atoms with Crippen LogP contribution in [0.25, 0.3) is 0 Å². The standard InChI is InChI=1S/C12H22/c1-5-9-7-11-10(9)6-8(2)12(11,3)4/h8-11H,5-7H2,1-4H3. The molecule has 0 aromatic heterocycles. The van der Waals surface area contributed by atoms with Crippen LogP contribution in [0.15, 0.2) is 0 Å². The van der Waals surface area contributed by atoms with Crippen LogP contribution in [0.4, 0.5) is 0 Å². The zero-order chi connectivity index (χ0) is 8.93. The van der Waals surface area contributed by atoms with Gasteiger partial charge in [-0.15, -0.1) is 0 Å². The lowest BCUT2D eigenvalue weighted by Crippen LogP contribution is -2.39. The van der Waals surface area contributed by atoms with Gasteiger partial charge >= 0.3 is 0 Å². The first-order valence-corrected chi connectivity index (χ1v) is 5.57. The predicted octanol–water partition coefficient (Wildman–Crippen LogP) is 3.71. The maximum Gasteiger partial charge on any atom is -0.0297 e. The van der Waals surface area contributed by atoms with Gasteiger partial charge in [-0.1, -0.05) is 34.1 Å². The molecule has 2 fully saturated rings. The van der Waals surface area contributed by atoms with Crippen LogP contribution in [0, 0.1) is 29.1 Å². The summed E-state index contributed by atoms with van der Waals surface area (Å²) in [6.45, 7) is 9.77. The van der Waals surface area contributed by atoms with Gasteiger partial charge in [-0.3, -0.25) is 0 Å². The fourth-order valence-corrected chi connectivity index (χ4v) is 3.57. The summed E-state index contributed by atoms with van der Waals surface area (Å²) in [6.07, 6.45) is 4.46. The van der Waals surface area contributed by atoms with Gasteiger partial charge in [0, 0.05) is 0 Å². The van der Waals surface area contributed by atoms with Crippen molar-refractivity contribution >= 4 is 0 Å². The SMILES string of the molecule is CCC1CC2C1CC(C)C2(C)C. The van der Waals surface area contributed by atoms with E-state index in [-0.39, 0.29) is 0 Å². The fourth-order valence-electron chi connectivity index (χ4n) is 3.57. The zero-order valence-electron chi connectivity index (χ0n) is 8.93. The third-order valence-corrected chi connectivity index (χ3v) is 5.05. The third-order valence-electron chi connectivity index (χ3n) is 5.05. The van der Waals surface area contributed by atoms with Crippen molar-refractivity contribution in [1.29, 1.82) is 0 Å². The van der Waals surface area contributed by atoms with Crippen LogP contribution in [0.3, 0.4) is 0 Å². The fraction of sp³-hybridized carbons (Fsp3) is 1.00. The highest BCUT2D eigenvalue weighted by Gasteiger charge is 2.55. The topological polar surface area (TPSA) is 0 Å². The summed E-state index contributed by atoms with van der Waals surface area (Å²) in [7, 11) is 0. The number of fused-ring (bicyclic) bond motifs is 1. The molecule has 0 amide bonds. The maximum atomic E-state index is 2.48. The molecule has 70 valence electrons. The van der Waals surface area contributed by atoms with E-state index in [0.29, 0.717) is 5.41 Å². The molecule has 2 saturated carbocycles. The van der Waals surface area contributed by atoms with E-state index in [9.17, 15) is 0 Å². The first kappa shape index (κ1) is 8.59. The Labute approximate surface area is 76.7 Å². The molecule has 0 bridgehead atoms. The van der Waals surface area contributed by atoms with Gasteiger partial charge in [0.15, 0.2) is 0 Å². The van der Waals surface area contributed by atoms with Gasteiger partial charge in [0.05, 0.1) is 0 Å². The monoisotopic (exact) mass is 166 g/mol. The molecule has 0 heteroatoms. The van der Waals surface area contributed by atoms with Gasteiger partial charge < -0.3 is 0 Å². The van der Waals surface area contributed by atoms with Crippen molar-refractivity contribution < 1.29 is 0 Å². The highest BCUT2D eigenvalue weighted by Crippen LogP contribution is 2.62. The molecule has 0 spiro atoms. The third kappa shape index (κ3) is 0.900. The molecule has 0 saturated heterocycles. The second kappa shape index (κ2) is 2.49. The molecule has 2 aliphatic carbocycles. The molecule has 2 rings (SSSR count). The molecule has 12 heavy (non-hydrogen) atoms. The Morgan fingerprint density at radius 1 is 1.25 bits per heavy atom. The van der Waals surface area contributed by atoms with Gasteiger partial charge in [0.1, 0.15) is 0 Å². The van der Waals surface area contributed by atoms with Crippen molar-refractivity contribution in [1.82, 2.24) is 0 Å². The Hall–Kier alpha value is 0. The normalized spacial score (nSPS) is 50.0. The molecule has 2 aliphatic rings. The van der Waals surface area contributed by atoms with Gasteiger partial charge in [0.2, 0.25) is 0 Å². The lowest BCUT2D eigenvalue weighted by Gasteiger charge is -2.46. The largest absolute Gasteiger partial charge is 0.0651 e. The first-order chi connectivity index (χ1) is 5.57. The van der Waals surface area contributed by atoms with Crippen LogP contribution in [0.2, 0.25) is 0 Å². The van der Waals surface area contributed by atoms with E-state index >= 15 is 0 Å². The van der Waals surface area contributed by atoms with Gasteiger partial charge in [0.25, 0.3) is 0 Å². The molecule has 0 aromatic rings. The molecule has 0 heterocycles. The average Bonchev–Trinajstić information content (AvgIpc) is 2.11. The molecule has 0 radical (unpaired) electrons. The van der Waals surface area contributed by atoms with Crippen LogP contribution in [0.1, 0.15) is 47.0 Å². The Morgan fingerprint density at radius 3 is 2.42 bits per heavy atom. The van der Waals surface area contributed by atoms with Gasteiger partial charge in [-0.25, -0.2) is 0 Å². The summed E-state index contributed by atoms with van der Waals surface area (Å²) in [5, 5.41) is 0. The van der Waals surface area contributed by atoms with Crippen molar-refractivity contribution in [2.45, 2.75) is 47.0 Å². The van der Waals surface area contributed by atoms with Crippen LogP contribution in [-0.4, -0.2) is 0 Å². The van der Waals surface area contributed by atoms with Crippen molar-refractivity contribution in [2.24, 2.45) is 29.1 Å². The summed E-state index contributed by atoms with van der Waals surface area (Å²) < 4.78 is 0. The molecule has 4 atom stereocenters. The minimum atomic E-state index is 0.649. The predicted molar refractivity (Wildman–Crippen MR) is 52.9 cm³/mol. The van der Waals surface area contributed by atoms with Crippen LogP contribution < -0.4 is 0 Å². The Balaban J connectivity index is 2.09. The van der Waals surface area contributed by atoms with Crippen LogP contribution >= 0.6 is 0 Å². The highest BCUT2D eigenvalue weighted by atomic mass is 14.6. The summed E-state index contributed by atoms with van der Waals surface area (Å²) in [6, 6.07) is 0. The van der Waals surface area contributed by atoms with E-state index in [1.807, 2.05) is 0 Å². The molecule has 0 aliphatic heterocycles. The van der Waals surface area contributed by atoms with E-state index in [1.54, 1.807) is 0 Å². The molecular formula is C12H22. The van der Waals surface area contributed by atoms with Gasteiger partial charge in [-0.2, -0.15) is 0 Å². The summed E-state index contributed by atoms with van der Waals surface area (Å²) in [5.41, 5.74) is 0.649. The minimum absolute atomic E-state index is 0.649. The van der Waals surface area contributed by atoms with Crippen molar-refractivity contribution in [2.75, 3.05) is 0 Å². The second-order valence-corrected chi connectivity index (χ2v) is 5.63. The average molecular weight is 166 g/mol. The van der Waals surface area contributed by atoms with E-state index in [4.69, 9.17) is 0 Å². The smallest absolute Gasteiger partial charge is 0.0297 e. The Kier molecular flexibility index (Phi) is 1.79. The van der Waals surface area contributed by atoms with Crippen LogP contribution in [0.5, 0.6) is 0 Å².